The number of esters is 1. The summed E-state index contributed by atoms with van der Waals surface area (Å²) in [6.07, 6.45) is 1.16. The topological polar surface area (TPSA) is 52.3 Å². The van der Waals surface area contributed by atoms with Crippen molar-refractivity contribution in [2.75, 3.05) is 18.6 Å². The maximum absolute atomic E-state index is 11.4. The highest BCUT2D eigenvalue weighted by Crippen LogP contribution is 2.39. The fraction of sp³-hybridized carbons (Fsp3) is 0.900. The molecule has 14 heavy (non-hydrogen) atoms. The van der Waals surface area contributed by atoms with Gasteiger partial charge in [-0.15, -0.1) is 0 Å². The van der Waals surface area contributed by atoms with Crippen molar-refractivity contribution in [1.82, 2.24) is 0 Å². The Balaban J connectivity index is 2.66. The first-order valence-electron chi connectivity index (χ1n) is 4.91. The van der Waals surface area contributed by atoms with E-state index in [2.05, 4.69) is 18.6 Å². The highest BCUT2D eigenvalue weighted by molar-refractivity contribution is 7.99. The summed E-state index contributed by atoms with van der Waals surface area (Å²) in [5.74, 6) is 2.52. The number of carbonyl (C=O) groups is 1. The molecule has 2 atom stereocenters. The van der Waals surface area contributed by atoms with E-state index in [1.165, 1.54) is 12.9 Å². The van der Waals surface area contributed by atoms with Crippen molar-refractivity contribution in [3.8, 4) is 0 Å². The average Bonchev–Trinajstić information content (AvgIpc) is 2.68. The lowest BCUT2D eigenvalue weighted by molar-refractivity contribution is -0.145. The number of nitrogens with two attached hydrogens (primary N) is 1. The molecule has 0 aromatic rings. The molecular weight excluding hydrogens is 198 g/mol. The number of rotatable bonds is 3. The molecule has 0 radical (unpaired) electrons. The quantitative estimate of drug-likeness (QED) is 0.723. The average molecular weight is 217 g/mol. The molecule has 0 aromatic carbocycles. The van der Waals surface area contributed by atoms with Crippen LogP contribution in [0.25, 0.3) is 0 Å². The van der Waals surface area contributed by atoms with Crippen LogP contribution in [0.4, 0.5) is 0 Å². The van der Waals surface area contributed by atoms with Crippen molar-refractivity contribution in [2.24, 2.45) is 17.1 Å². The van der Waals surface area contributed by atoms with E-state index >= 15 is 0 Å². The molecule has 1 saturated heterocycles. The Hall–Kier alpha value is -0.220. The molecule has 82 valence electrons. The van der Waals surface area contributed by atoms with Crippen LogP contribution in [-0.2, 0) is 9.53 Å². The zero-order chi connectivity index (χ0) is 10.8. The summed E-state index contributed by atoms with van der Waals surface area (Å²) in [6.45, 7) is 4.12. The fourth-order valence-electron chi connectivity index (χ4n) is 1.81. The van der Waals surface area contributed by atoms with E-state index in [4.69, 9.17) is 5.73 Å². The van der Waals surface area contributed by atoms with Crippen molar-refractivity contribution in [1.29, 1.82) is 0 Å². The van der Waals surface area contributed by atoms with E-state index < -0.39 is 6.04 Å². The zero-order valence-corrected chi connectivity index (χ0v) is 9.89. The zero-order valence-electron chi connectivity index (χ0n) is 9.08. The van der Waals surface area contributed by atoms with Crippen molar-refractivity contribution in [2.45, 2.75) is 26.3 Å². The van der Waals surface area contributed by atoms with Gasteiger partial charge in [0.05, 0.1) is 7.11 Å². The summed E-state index contributed by atoms with van der Waals surface area (Å²) >= 11 is 1.94. The van der Waals surface area contributed by atoms with Crippen LogP contribution in [-0.4, -0.2) is 30.6 Å². The van der Waals surface area contributed by atoms with Crippen LogP contribution in [0.2, 0.25) is 0 Å². The molecule has 4 heteroatoms. The summed E-state index contributed by atoms with van der Waals surface area (Å²) in [7, 11) is 1.39. The van der Waals surface area contributed by atoms with Crippen molar-refractivity contribution in [3.05, 3.63) is 0 Å². The van der Waals surface area contributed by atoms with E-state index in [1.807, 2.05) is 11.8 Å². The predicted molar refractivity (Wildman–Crippen MR) is 59.2 cm³/mol. The normalized spacial score (nSPS) is 24.7. The number of hydrogen-bond donors (Lipinski definition) is 1. The van der Waals surface area contributed by atoms with E-state index in [0.29, 0.717) is 5.92 Å². The van der Waals surface area contributed by atoms with Gasteiger partial charge in [0.2, 0.25) is 0 Å². The third-order valence-electron chi connectivity index (χ3n) is 3.24. The smallest absolute Gasteiger partial charge is 0.323 e. The molecule has 1 aliphatic heterocycles. The summed E-state index contributed by atoms with van der Waals surface area (Å²) in [4.78, 5) is 11.4. The summed E-state index contributed by atoms with van der Waals surface area (Å²) in [6, 6.07) is -0.504. The van der Waals surface area contributed by atoms with Crippen molar-refractivity contribution in [3.63, 3.8) is 0 Å². The molecule has 0 bridgehead atoms. The van der Waals surface area contributed by atoms with Crippen LogP contribution in [0.3, 0.4) is 0 Å². The number of methoxy groups -OCH3 is 1. The van der Waals surface area contributed by atoms with E-state index in [0.717, 1.165) is 12.2 Å². The minimum absolute atomic E-state index is 0.156. The van der Waals surface area contributed by atoms with Gasteiger partial charge >= 0.3 is 5.97 Å². The Bertz CT molecular complexity index is 212. The van der Waals surface area contributed by atoms with E-state index in [9.17, 15) is 4.79 Å². The van der Waals surface area contributed by atoms with Gasteiger partial charge in [0.1, 0.15) is 6.04 Å². The van der Waals surface area contributed by atoms with Gasteiger partial charge in [-0.1, -0.05) is 13.8 Å². The van der Waals surface area contributed by atoms with Crippen LogP contribution in [0.1, 0.15) is 20.3 Å². The van der Waals surface area contributed by atoms with E-state index in [1.54, 1.807) is 0 Å². The lowest BCUT2D eigenvalue weighted by Gasteiger charge is -2.35. The minimum Gasteiger partial charge on any atom is -0.468 e. The number of thioether (sulfide) groups is 1. The number of carbonyl (C=O) groups excluding carboxylic acids is 1. The highest BCUT2D eigenvalue weighted by Gasteiger charge is 2.40. The molecule has 2 unspecified atom stereocenters. The maximum atomic E-state index is 11.4. The molecule has 0 aliphatic carbocycles. The molecule has 1 fully saturated rings. The molecule has 1 aliphatic rings. The van der Waals surface area contributed by atoms with Gasteiger partial charge in [-0.25, -0.2) is 0 Å². The first kappa shape index (κ1) is 11.9. The number of ether oxygens (including phenoxy) is 1. The maximum Gasteiger partial charge on any atom is 0.323 e. The molecule has 3 nitrogen and oxygen atoms in total. The van der Waals surface area contributed by atoms with Crippen LogP contribution >= 0.6 is 11.8 Å². The van der Waals surface area contributed by atoms with Crippen molar-refractivity contribution < 1.29 is 9.53 Å². The second-order valence-electron chi connectivity index (χ2n) is 4.38. The molecule has 2 N–H and O–H groups in total. The van der Waals surface area contributed by atoms with Gasteiger partial charge in [0.25, 0.3) is 0 Å². The third kappa shape index (κ3) is 2.23. The Labute approximate surface area is 89.8 Å². The molecule has 1 heterocycles. The molecule has 1 rings (SSSR count). The standard InChI is InChI=1S/C10H19NO2S/c1-10(2,7-4-5-14-6-7)8(11)9(12)13-3/h7-8H,4-6,11H2,1-3H3. The second-order valence-corrected chi connectivity index (χ2v) is 5.53. The Morgan fingerprint density at radius 3 is 2.71 bits per heavy atom. The summed E-state index contributed by atoms with van der Waals surface area (Å²) in [5.41, 5.74) is 5.75. The van der Waals surface area contributed by atoms with Gasteiger partial charge in [0.15, 0.2) is 0 Å². The first-order valence-corrected chi connectivity index (χ1v) is 6.06. The number of hydrogen-bond acceptors (Lipinski definition) is 4. The SMILES string of the molecule is COC(=O)C(N)C(C)(C)C1CCSC1. The van der Waals surface area contributed by atoms with Gasteiger partial charge < -0.3 is 10.5 Å². The third-order valence-corrected chi connectivity index (χ3v) is 4.40. The lowest BCUT2D eigenvalue weighted by atomic mass is 9.73. The largest absolute Gasteiger partial charge is 0.468 e. The molecule has 0 amide bonds. The van der Waals surface area contributed by atoms with Gasteiger partial charge in [-0.2, -0.15) is 11.8 Å². The first-order chi connectivity index (χ1) is 6.50. The van der Waals surface area contributed by atoms with Crippen LogP contribution in [0.15, 0.2) is 0 Å². The molecular formula is C10H19NO2S. The second kappa shape index (κ2) is 4.53. The summed E-state index contributed by atoms with van der Waals surface area (Å²) < 4.78 is 4.69. The van der Waals surface area contributed by atoms with Gasteiger partial charge in [-0.05, 0) is 29.3 Å². The molecule has 0 spiro atoms. The molecule has 0 saturated carbocycles. The lowest BCUT2D eigenvalue weighted by Crippen LogP contribution is -2.48. The predicted octanol–water partition coefficient (Wildman–Crippen LogP) is 1.27. The Morgan fingerprint density at radius 1 is 1.64 bits per heavy atom. The van der Waals surface area contributed by atoms with Crippen molar-refractivity contribution >= 4 is 17.7 Å². The fourth-order valence-corrected chi connectivity index (χ4v) is 3.30. The Kier molecular flexibility index (Phi) is 3.84. The highest BCUT2D eigenvalue weighted by atomic mass is 32.2. The van der Waals surface area contributed by atoms with Crippen LogP contribution in [0.5, 0.6) is 0 Å². The molecule has 0 aromatic heterocycles. The van der Waals surface area contributed by atoms with Crippen LogP contribution in [0, 0.1) is 11.3 Å². The summed E-state index contributed by atoms with van der Waals surface area (Å²) in [5, 5.41) is 0. The minimum atomic E-state index is -0.504. The Morgan fingerprint density at radius 2 is 2.29 bits per heavy atom. The van der Waals surface area contributed by atoms with Gasteiger partial charge in [-0.3, -0.25) is 4.79 Å². The van der Waals surface area contributed by atoms with Crippen LogP contribution < -0.4 is 5.73 Å². The van der Waals surface area contributed by atoms with Gasteiger partial charge in [0, 0.05) is 0 Å². The van der Waals surface area contributed by atoms with E-state index in [-0.39, 0.29) is 11.4 Å². The monoisotopic (exact) mass is 217 g/mol.